The van der Waals surface area contributed by atoms with Crippen LogP contribution >= 0.6 is 0 Å². The number of benzene rings is 3. The summed E-state index contributed by atoms with van der Waals surface area (Å²) >= 11 is 0. The second-order valence-electron chi connectivity index (χ2n) is 7.75. The van der Waals surface area contributed by atoms with Crippen molar-refractivity contribution >= 4 is 37.5 Å². The van der Waals surface area contributed by atoms with Crippen LogP contribution in [0.1, 0.15) is 0 Å². The molecule has 1 N–H and O–H groups in total. The first-order valence-corrected chi connectivity index (χ1v) is 12.0. The summed E-state index contributed by atoms with van der Waals surface area (Å²) in [7, 11) is -3.85. The number of hydrogen-bond donors (Lipinski definition) is 1. The molecule has 0 bridgehead atoms. The van der Waals surface area contributed by atoms with Gasteiger partial charge >= 0.3 is 6.61 Å². The molecule has 11 heteroatoms. The van der Waals surface area contributed by atoms with Crippen molar-refractivity contribution in [1.82, 2.24) is 4.57 Å². The maximum atomic E-state index is 13.8. The van der Waals surface area contributed by atoms with Crippen LogP contribution in [0.15, 0.2) is 60.7 Å². The smallest absolute Gasteiger partial charge is 0.387 e. The molecule has 1 heterocycles. The van der Waals surface area contributed by atoms with Crippen LogP contribution in [-0.2, 0) is 16.6 Å². The average molecular weight is 496 g/mol. The number of hydrogen-bond acceptors (Lipinski definition) is 4. The lowest BCUT2D eigenvalue weighted by molar-refractivity contribution is -0.0498. The Labute approximate surface area is 192 Å². The average Bonchev–Trinajstić information content (AvgIpc) is 3.03. The highest BCUT2D eigenvalue weighted by atomic mass is 32.2. The van der Waals surface area contributed by atoms with Crippen molar-refractivity contribution in [3.05, 3.63) is 72.3 Å². The third kappa shape index (κ3) is 4.95. The number of rotatable bonds is 8. The van der Waals surface area contributed by atoms with E-state index >= 15 is 0 Å². The topological polar surface area (TPSA) is 71.8 Å². The lowest BCUT2D eigenvalue weighted by Gasteiger charge is -2.26. The molecule has 1 aromatic heterocycles. The molecule has 0 saturated heterocycles. The number of anilines is 1. The van der Waals surface area contributed by atoms with E-state index < -0.39 is 34.4 Å². The van der Waals surface area contributed by atoms with E-state index in [0.29, 0.717) is 21.8 Å². The summed E-state index contributed by atoms with van der Waals surface area (Å²) in [5.74, 6) is -1.14. The van der Waals surface area contributed by atoms with E-state index in [1.807, 2.05) is 0 Å². The Bertz CT molecular complexity index is 1380. The van der Waals surface area contributed by atoms with Crippen LogP contribution in [0.2, 0.25) is 0 Å². The molecule has 0 spiro atoms. The summed E-state index contributed by atoms with van der Waals surface area (Å²) < 4.78 is 84.2. The molecule has 4 rings (SSSR count). The van der Waals surface area contributed by atoms with Gasteiger partial charge in [-0.05, 0) is 60.7 Å². The zero-order chi connectivity index (χ0) is 24.6. The number of aliphatic hydroxyl groups excluding tert-OH is 1. The summed E-state index contributed by atoms with van der Waals surface area (Å²) in [4.78, 5) is 0. The van der Waals surface area contributed by atoms with E-state index in [9.17, 15) is 31.1 Å². The van der Waals surface area contributed by atoms with Crippen LogP contribution in [-0.4, -0.2) is 43.6 Å². The number of ether oxygens (including phenoxy) is 1. The second kappa shape index (κ2) is 9.15. The number of aliphatic hydroxyl groups is 1. The molecule has 0 amide bonds. The minimum Gasteiger partial charge on any atom is -0.435 e. The van der Waals surface area contributed by atoms with Gasteiger partial charge in [-0.3, -0.25) is 4.31 Å². The predicted octanol–water partition coefficient (Wildman–Crippen LogP) is 4.50. The normalized spacial score (nSPS) is 13.0. The quantitative estimate of drug-likeness (QED) is 0.365. The number of fused-ring (bicyclic) bond motifs is 3. The van der Waals surface area contributed by atoms with E-state index in [1.165, 1.54) is 60.7 Å². The number of halogens is 4. The van der Waals surface area contributed by atoms with E-state index in [2.05, 4.69) is 4.74 Å². The fourth-order valence-corrected chi connectivity index (χ4v) is 4.88. The first-order valence-electron chi connectivity index (χ1n) is 10.1. The molecule has 6 nitrogen and oxygen atoms in total. The van der Waals surface area contributed by atoms with Gasteiger partial charge in [0.25, 0.3) is 0 Å². The van der Waals surface area contributed by atoms with Gasteiger partial charge in [0.05, 0.1) is 31.1 Å². The third-order valence-corrected chi connectivity index (χ3v) is 6.47. The van der Waals surface area contributed by atoms with E-state index in [1.54, 1.807) is 4.57 Å². The molecule has 0 fully saturated rings. The van der Waals surface area contributed by atoms with Gasteiger partial charge in [-0.2, -0.15) is 8.78 Å². The van der Waals surface area contributed by atoms with Crippen LogP contribution in [0.4, 0.5) is 23.2 Å². The predicted molar refractivity (Wildman–Crippen MR) is 121 cm³/mol. The van der Waals surface area contributed by atoms with Crippen molar-refractivity contribution in [2.45, 2.75) is 19.3 Å². The lowest BCUT2D eigenvalue weighted by atomic mass is 10.1. The Morgan fingerprint density at radius 3 is 1.94 bits per heavy atom. The molecule has 0 saturated carbocycles. The zero-order valence-electron chi connectivity index (χ0n) is 17.8. The fraction of sp³-hybridized carbons (Fsp3) is 0.217. The van der Waals surface area contributed by atoms with E-state index in [4.69, 9.17) is 0 Å². The monoisotopic (exact) mass is 496 g/mol. The van der Waals surface area contributed by atoms with Gasteiger partial charge in [-0.15, -0.1) is 0 Å². The van der Waals surface area contributed by atoms with Crippen LogP contribution in [0.25, 0.3) is 21.8 Å². The van der Waals surface area contributed by atoms with Crippen molar-refractivity contribution in [3.8, 4) is 5.75 Å². The van der Waals surface area contributed by atoms with Crippen molar-refractivity contribution in [1.29, 1.82) is 0 Å². The first kappa shape index (κ1) is 23.8. The highest BCUT2D eigenvalue weighted by Gasteiger charge is 2.23. The van der Waals surface area contributed by atoms with Gasteiger partial charge in [0.15, 0.2) is 0 Å². The van der Waals surface area contributed by atoms with Gasteiger partial charge in [-0.1, -0.05) is 0 Å². The molecular formula is C23H20F4N2O4S. The molecular weight excluding hydrogens is 476 g/mol. The Morgan fingerprint density at radius 1 is 0.941 bits per heavy atom. The van der Waals surface area contributed by atoms with Crippen molar-refractivity contribution in [2.75, 3.05) is 17.1 Å². The Hall–Kier alpha value is -3.31. The van der Waals surface area contributed by atoms with Gasteiger partial charge in [0.1, 0.15) is 17.4 Å². The van der Waals surface area contributed by atoms with Gasteiger partial charge < -0.3 is 14.4 Å². The summed E-state index contributed by atoms with van der Waals surface area (Å²) in [5.41, 5.74) is 1.23. The molecule has 3 aromatic carbocycles. The van der Waals surface area contributed by atoms with Gasteiger partial charge in [-0.25, -0.2) is 17.2 Å². The Morgan fingerprint density at radius 2 is 1.47 bits per heavy atom. The van der Waals surface area contributed by atoms with E-state index in [-0.39, 0.29) is 24.5 Å². The third-order valence-electron chi connectivity index (χ3n) is 5.31. The van der Waals surface area contributed by atoms with Crippen LogP contribution in [0, 0.1) is 11.6 Å². The lowest BCUT2D eigenvalue weighted by Crippen LogP contribution is -2.38. The summed E-state index contributed by atoms with van der Waals surface area (Å²) in [6.07, 6.45) is -0.268. The second-order valence-corrected chi connectivity index (χ2v) is 9.66. The Balaban J connectivity index is 1.65. The molecule has 1 unspecified atom stereocenters. The van der Waals surface area contributed by atoms with Crippen LogP contribution < -0.4 is 9.04 Å². The minimum absolute atomic E-state index is 0.0735. The SMILES string of the molecule is CS(=O)(=O)N(CC(O)Cn1c2ccc(F)cc2c2cc(F)ccc21)c1ccc(OC(F)F)cc1. The van der Waals surface area contributed by atoms with Gasteiger partial charge in [0.2, 0.25) is 10.0 Å². The van der Waals surface area contributed by atoms with Crippen molar-refractivity contribution in [2.24, 2.45) is 0 Å². The highest BCUT2D eigenvalue weighted by molar-refractivity contribution is 7.92. The molecule has 180 valence electrons. The zero-order valence-corrected chi connectivity index (χ0v) is 18.6. The molecule has 0 aliphatic carbocycles. The van der Waals surface area contributed by atoms with Crippen molar-refractivity contribution < 1.29 is 35.8 Å². The number of sulfonamides is 1. The standard InChI is InChI=1S/C23H20F4N2O4S/c1-34(31,32)29(16-4-6-18(7-5-16)33-23(26)27)13-17(30)12-28-21-8-2-14(24)10-19(21)20-11-15(25)3-9-22(20)28/h2-11,17,23,30H,12-13H2,1H3. The molecule has 4 aromatic rings. The maximum absolute atomic E-state index is 13.8. The number of alkyl halides is 2. The molecule has 0 aliphatic rings. The largest absolute Gasteiger partial charge is 0.435 e. The van der Waals surface area contributed by atoms with E-state index in [0.717, 1.165) is 10.6 Å². The Kier molecular flexibility index (Phi) is 6.41. The highest BCUT2D eigenvalue weighted by Crippen LogP contribution is 2.31. The van der Waals surface area contributed by atoms with Gasteiger partial charge in [0, 0.05) is 21.8 Å². The first-order chi connectivity index (χ1) is 16.0. The molecule has 0 aliphatic heterocycles. The number of nitrogens with zero attached hydrogens (tertiary/aromatic N) is 2. The molecule has 0 radical (unpaired) electrons. The van der Waals surface area contributed by atoms with Crippen LogP contribution in [0.3, 0.4) is 0 Å². The van der Waals surface area contributed by atoms with Crippen LogP contribution in [0.5, 0.6) is 5.75 Å². The summed E-state index contributed by atoms with van der Waals surface area (Å²) in [6, 6.07) is 13.0. The molecule has 1 atom stereocenters. The maximum Gasteiger partial charge on any atom is 0.387 e. The summed E-state index contributed by atoms with van der Waals surface area (Å²) in [5, 5.41) is 11.7. The van der Waals surface area contributed by atoms with Crippen molar-refractivity contribution in [3.63, 3.8) is 0 Å². The fourth-order valence-electron chi connectivity index (χ4n) is 3.93. The number of aromatic nitrogens is 1. The summed E-state index contributed by atoms with van der Waals surface area (Å²) in [6.45, 7) is -3.44. The minimum atomic E-state index is -3.85. The molecule has 34 heavy (non-hydrogen) atoms.